The van der Waals surface area contributed by atoms with Gasteiger partial charge in [0.15, 0.2) is 0 Å². The van der Waals surface area contributed by atoms with Crippen LogP contribution in [0.25, 0.3) is 11.1 Å². The maximum Gasteiger partial charge on any atom is 0.113 e. The topological polar surface area (TPSA) is 53.5 Å². The monoisotopic (exact) mass is 312 g/mol. The highest BCUT2D eigenvalue weighted by atomic mass is 16.5. The standard InChI is InChI=1S/C19H24N2O2/c22-19(13-20-10-11-23-15-19)14-21-12-16-6-8-18(9-7-16)17-4-2-1-3-5-17/h1-9,20-22H,10-15H2/t19-/m0/s1. The van der Waals surface area contributed by atoms with Gasteiger partial charge in [-0.05, 0) is 16.7 Å². The molecule has 0 aliphatic carbocycles. The number of nitrogens with one attached hydrogen (secondary N) is 2. The fourth-order valence-electron chi connectivity index (χ4n) is 2.78. The van der Waals surface area contributed by atoms with Crippen LogP contribution >= 0.6 is 0 Å². The van der Waals surface area contributed by atoms with Crippen LogP contribution in [0, 0.1) is 0 Å². The molecule has 1 heterocycles. The summed E-state index contributed by atoms with van der Waals surface area (Å²) in [4.78, 5) is 0. The number of hydrogen-bond acceptors (Lipinski definition) is 4. The van der Waals surface area contributed by atoms with Crippen LogP contribution in [-0.2, 0) is 11.3 Å². The summed E-state index contributed by atoms with van der Waals surface area (Å²) in [5.41, 5.74) is 2.81. The molecule has 0 unspecified atom stereocenters. The molecule has 0 aromatic heterocycles. The zero-order chi connectivity index (χ0) is 16.0. The van der Waals surface area contributed by atoms with E-state index in [-0.39, 0.29) is 0 Å². The van der Waals surface area contributed by atoms with Gasteiger partial charge in [-0.15, -0.1) is 0 Å². The fourth-order valence-corrected chi connectivity index (χ4v) is 2.78. The summed E-state index contributed by atoms with van der Waals surface area (Å²) in [6, 6.07) is 18.9. The highest BCUT2D eigenvalue weighted by Crippen LogP contribution is 2.19. The van der Waals surface area contributed by atoms with E-state index in [1.54, 1.807) is 0 Å². The van der Waals surface area contributed by atoms with E-state index >= 15 is 0 Å². The number of benzene rings is 2. The molecule has 1 aliphatic rings. The van der Waals surface area contributed by atoms with E-state index in [1.165, 1.54) is 16.7 Å². The van der Waals surface area contributed by atoms with E-state index in [9.17, 15) is 5.11 Å². The van der Waals surface area contributed by atoms with Gasteiger partial charge in [-0.1, -0.05) is 54.6 Å². The lowest BCUT2D eigenvalue weighted by molar-refractivity contribution is -0.0264. The van der Waals surface area contributed by atoms with E-state index in [0.717, 1.165) is 13.1 Å². The van der Waals surface area contributed by atoms with Crippen LogP contribution in [0.1, 0.15) is 5.56 Å². The van der Waals surface area contributed by atoms with Gasteiger partial charge in [0.2, 0.25) is 0 Å². The normalized spacial score (nSPS) is 21.8. The first kappa shape index (κ1) is 16.1. The lowest BCUT2D eigenvalue weighted by atomic mass is 10.0. The lowest BCUT2D eigenvalue weighted by Gasteiger charge is -2.26. The summed E-state index contributed by atoms with van der Waals surface area (Å²) in [6.45, 7) is 3.64. The van der Waals surface area contributed by atoms with Crippen LogP contribution in [0.3, 0.4) is 0 Å². The third-order valence-corrected chi connectivity index (χ3v) is 4.09. The van der Waals surface area contributed by atoms with Crippen molar-refractivity contribution in [3.63, 3.8) is 0 Å². The molecule has 23 heavy (non-hydrogen) atoms. The Bertz CT molecular complexity index is 591. The van der Waals surface area contributed by atoms with Crippen molar-refractivity contribution in [2.75, 3.05) is 32.8 Å². The molecular formula is C19H24N2O2. The summed E-state index contributed by atoms with van der Waals surface area (Å²) < 4.78 is 5.43. The molecule has 0 spiro atoms. The third-order valence-electron chi connectivity index (χ3n) is 4.09. The molecule has 2 aromatic carbocycles. The van der Waals surface area contributed by atoms with Crippen molar-refractivity contribution in [1.82, 2.24) is 10.6 Å². The van der Waals surface area contributed by atoms with Gasteiger partial charge in [-0.25, -0.2) is 0 Å². The average molecular weight is 312 g/mol. The summed E-state index contributed by atoms with van der Waals surface area (Å²) in [5, 5.41) is 17.0. The van der Waals surface area contributed by atoms with Gasteiger partial charge < -0.3 is 20.5 Å². The molecule has 4 nitrogen and oxygen atoms in total. The molecule has 122 valence electrons. The Morgan fingerprint density at radius 3 is 2.57 bits per heavy atom. The number of β-amino-alcohol motifs (C(OH)–C–C–N with tert-alkyl or cyclic N) is 1. The van der Waals surface area contributed by atoms with Crippen LogP contribution in [0.15, 0.2) is 54.6 Å². The summed E-state index contributed by atoms with van der Waals surface area (Å²) in [5.74, 6) is 0. The average Bonchev–Trinajstić information content (AvgIpc) is 2.81. The predicted molar refractivity (Wildman–Crippen MR) is 92.2 cm³/mol. The summed E-state index contributed by atoms with van der Waals surface area (Å²) in [6.07, 6.45) is 0. The van der Waals surface area contributed by atoms with Crippen molar-refractivity contribution < 1.29 is 9.84 Å². The van der Waals surface area contributed by atoms with Gasteiger partial charge in [-0.2, -0.15) is 0 Å². The van der Waals surface area contributed by atoms with Crippen LogP contribution in [-0.4, -0.2) is 43.6 Å². The Morgan fingerprint density at radius 2 is 1.78 bits per heavy atom. The first-order valence-corrected chi connectivity index (χ1v) is 8.11. The number of ether oxygens (including phenoxy) is 1. The number of hydrogen-bond donors (Lipinski definition) is 3. The Morgan fingerprint density at radius 1 is 1.04 bits per heavy atom. The SMILES string of the molecule is O[C@]1(CNCc2ccc(-c3ccccc3)cc2)CNCCOC1. The van der Waals surface area contributed by atoms with Crippen LogP contribution < -0.4 is 10.6 Å². The molecule has 1 saturated heterocycles. The van der Waals surface area contributed by atoms with Crippen LogP contribution in [0.5, 0.6) is 0 Å². The van der Waals surface area contributed by atoms with E-state index in [0.29, 0.717) is 26.3 Å². The second-order valence-corrected chi connectivity index (χ2v) is 6.12. The van der Waals surface area contributed by atoms with Crippen molar-refractivity contribution in [2.45, 2.75) is 12.1 Å². The molecule has 3 N–H and O–H groups in total. The Kier molecular flexibility index (Phi) is 5.41. The van der Waals surface area contributed by atoms with Gasteiger partial charge in [-0.3, -0.25) is 0 Å². The smallest absolute Gasteiger partial charge is 0.113 e. The molecule has 1 atom stereocenters. The van der Waals surface area contributed by atoms with E-state index in [4.69, 9.17) is 4.74 Å². The summed E-state index contributed by atoms with van der Waals surface area (Å²) in [7, 11) is 0. The molecule has 1 fully saturated rings. The lowest BCUT2D eigenvalue weighted by Crippen LogP contribution is -2.50. The number of aliphatic hydroxyl groups is 1. The van der Waals surface area contributed by atoms with E-state index < -0.39 is 5.60 Å². The Balaban J connectivity index is 1.52. The molecule has 3 rings (SSSR count). The van der Waals surface area contributed by atoms with Crippen molar-refractivity contribution in [1.29, 1.82) is 0 Å². The quantitative estimate of drug-likeness (QED) is 0.788. The van der Waals surface area contributed by atoms with Crippen LogP contribution in [0.2, 0.25) is 0 Å². The molecule has 0 bridgehead atoms. The minimum absolute atomic E-state index is 0.375. The first-order chi connectivity index (χ1) is 11.3. The van der Waals surface area contributed by atoms with Gasteiger partial charge in [0.1, 0.15) is 5.60 Å². The maximum absolute atomic E-state index is 10.5. The Hall–Kier alpha value is -1.72. The van der Waals surface area contributed by atoms with Gasteiger partial charge in [0, 0.05) is 26.2 Å². The molecule has 1 aliphatic heterocycles. The molecule has 0 saturated carbocycles. The maximum atomic E-state index is 10.5. The van der Waals surface area contributed by atoms with Gasteiger partial charge in [0.05, 0.1) is 13.2 Å². The minimum atomic E-state index is -0.833. The Labute approximate surface area is 137 Å². The van der Waals surface area contributed by atoms with E-state index in [1.807, 2.05) is 18.2 Å². The second-order valence-electron chi connectivity index (χ2n) is 6.12. The van der Waals surface area contributed by atoms with Crippen LogP contribution in [0.4, 0.5) is 0 Å². The third kappa shape index (κ3) is 4.62. The van der Waals surface area contributed by atoms with Crippen molar-refractivity contribution >= 4 is 0 Å². The predicted octanol–water partition coefficient (Wildman–Crippen LogP) is 1.79. The highest BCUT2D eigenvalue weighted by Gasteiger charge is 2.28. The van der Waals surface area contributed by atoms with E-state index in [2.05, 4.69) is 47.0 Å². The van der Waals surface area contributed by atoms with Gasteiger partial charge >= 0.3 is 0 Å². The fraction of sp³-hybridized carbons (Fsp3) is 0.368. The van der Waals surface area contributed by atoms with Crippen molar-refractivity contribution in [3.8, 4) is 11.1 Å². The number of rotatable bonds is 5. The van der Waals surface area contributed by atoms with Crippen molar-refractivity contribution in [2.24, 2.45) is 0 Å². The first-order valence-electron chi connectivity index (χ1n) is 8.11. The van der Waals surface area contributed by atoms with Gasteiger partial charge in [0.25, 0.3) is 0 Å². The zero-order valence-corrected chi connectivity index (χ0v) is 13.3. The summed E-state index contributed by atoms with van der Waals surface area (Å²) >= 11 is 0. The molecule has 4 heteroatoms. The van der Waals surface area contributed by atoms with Crippen molar-refractivity contribution in [3.05, 3.63) is 60.2 Å². The molecule has 0 radical (unpaired) electrons. The molecular weight excluding hydrogens is 288 g/mol. The molecule has 0 amide bonds. The highest BCUT2D eigenvalue weighted by molar-refractivity contribution is 5.63. The molecule has 2 aromatic rings. The largest absolute Gasteiger partial charge is 0.385 e. The second kappa shape index (κ2) is 7.70. The minimum Gasteiger partial charge on any atom is -0.385 e. The zero-order valence-electron chi connectivity index (χ0n) is 13.3.